The molecule has 0 radical (unpaired) electrons. The maximum Gasteiger partial charge on any atom is 0.238 e. The normalized spacial score (nSPS) is 11.2. The molecule has 3 aromatic carbocycles. The first kappa shape index (κ1) is 25.5. The zero-order chi connectivity index (χ0) is 27.5. The first-order valence-corrected chi connectivity index (χ1v) is 13.4. The molecule has 0 saturated heterocycles. The topological polar surface area (TPSA) is 94.0 Å². The quantitative estimate of drug-likeness (QED) is 0.122. The number of fused-ring (bicyclic) bond motifs is 1. The van der Waals surface area contributed by atoms with Crippen LogP contribution in [-0.4, -0.2) is 13.3 Å². The Hall–Kier alpha value is -4.75. The Morgan fingerprint density at radius 2 is 1.73 bits per heavy atom. The predicted molar refractivity (Wildman–Crippen MR) is 160 cm³/mol. The van der Waals surface area contributed by atoms with Crippen LogP contribution < -0.4 is 9.47 Å². The molecular weight excluding hydrogens is 619 g/mol. The number of hydrogen-bond donors (Lipinski definition) is 0. The van der Waals surface area contributed by atoms with Gasteiger partial charge in [0.15, 0.2) is 23.0 Å². The van der Waals surface area contributed by atoms with Crippen LogP contribution in [0.2, 0.25) is 0 Å². The number of rotatable bonds is 8. The Bertz CT molecular complexity index is 1860. The molecule has 0 amide bonds. The molecule has 0 atom stereocenters. The third-order valence-electron chi connectivity index (χ3n) is 6.35. The SMILES string of the molecule is COc1cc(C=Nc2oc(-c3ccco3)c(-c3ccco3)c2C#N)cc(I)c1OCc1cccc2ccccc12. The van der Waals surface area contributed by atoms with Crippen molar-refractivity contribution < 1.29 is 22.7 Å². The fourth-order valence-electron chi connectivity index (χ4n) is 4.51. The van der Waals surface area contributed by atoms with Crippen molar-refractivity contribution in [3.63, 3.8) is 0 Å². The number of ether oxygens (including phenoxy) is 2. The highest BCUT2D eigenvalue weighted by atomic mass is 127. The van der Waals surface area contributed by atoms with Crippen LogP contribution in [0.3, 0.4) is 0 Å². The fraction of sp³-hybridized carbons (Fsp3) is 0.0625. The van der Waals surface area contributed by atoms with E-state index in [0.717, 1.165) is 25.5 Å². The van der Waals surface area contributed by atoms with E-state index in [1.54, 1.807) is 37.6 Å². The van der Waals surface area contributed by atoms with E-state index in [9.17, 15) is 5.26 Å². The average Bonchev–Trinajstić information content (AvgIpc) is 3.76. The Balaban J connectivity index is 1.31. The Labute approximate surface area is 243 Å². The minimum absolute atomic E-state index is 0.144. The van der Waals surface area contributed by atoms with E-state index in [2.05, 4.69) is 57.9 Å². The number of nitrogens with zero attached hydrogens (tertiary/aromatic N) is 2. The minimum Gasteiger partial charge on any atom is -0.493 e. The number of furan rings is 3. The summed E-state index contributed by atoms with van der Waals surface area (Å²) in [5.74, 6) is 2.68. The molecule has 0 N–H and O–H groups in total. The van der Waals surface area contributed by atoms with Gasteiger partial charge in [-0.15, -0.1) is 0 Å². The molecule has 8 heteroatoms. The Kier molecular flexibility index (Phi) is 7.12. The highest BCUT2D eigenvalue weighted by molar-refractivity contribution is 14.1. The molecule has 0 aliphatic rings. The van der Waals surface area contributed by atoms with E-state index < -0.39 is 0 Å². The summed E-state index contributed by atoms with van der Waals surface area (Å²) in [5, 5.41) is 12.3. The summed E-state index contributed by atoms with van der Waals surface area (Å²) in [4.78, 5) is 4.53. The lowest BCUT2D eigenvalue weighted by Crippen LogP contribution is -2.01. The lowest BCUT2D eigenvalue weighted by molar-refractivity contribution is 0.283. The molecule has 6 rings (SSSR count). The van der Waals surface area contributed by atoms with E-state index in [1.165, 1.54) is 12.5 Å². The molecule has 0 spiro atoms. The maximum absolute atomic E-state index is 9.99. The molecular formula is C32H21IN2O5. The summed E-state index contributed by atoms with van der Waals surface area (Å²) in [5.41, 5.74) is 2.56. The third-order valence-corrected chi connectivity index (χ3v) is 7.15. The van der Waals surface area contributed by atoms with Gasteiger partial charge in [-0.2, -0.15) is 5.26 Å². The maximum atomic E-state index is 9.99. The summed E-state index contributed by atoms with van der Waals surface area (Å²) in [6.07, 6.45) is 4.70. The molecule has 0 saturated carbocycles. The lowest BCUT2D eigenvalue weighted by atomic mass is 10.1. The van der Waals surface area contributed by atoms with Crippen LogP contribution in [0.15, 0.2) is 110 Å². The van der Waals surface area contributed by atoms with Crippen molar-refractivity contribution in [3.8, 4) is 40.4 Å². The van der Waals surface area contributed by atoms with Gasteiger partial charge in [0.05, 0.1) is 28.8 Å². The van der Waals surface area contributed by atoms with Crippen LogP contribution in [-0.2, 0) is 6.61 Å². The molecule has 196 valence electrons. The van der Waals surface area contributed by atoms with Gasteiger partial charge in [-0.25, -0.2) is 4.99 Å². The van der Waals surface area contributed by atoms with Crippen LogP contribution in [0, 0.1) is 14.9 Å². The Morgan fingerprint density at radius 3 is 2.48 bits per heavy atom. The summed E-state index contributed by atoms with van der Waals surface area (Å²) in [6.45, 7) is 0.393. The van der Waals surface area contributed by atoms with Gasteiger partial charge >= 0.3 is 0 Å². The van der Waals surface area contributed by atoms with Gasteiger partial charge in [-0.1, -0.05) is 42.5 Å². The number of methoxy groups -OCH3 is 1. The molecule has 0 fully saturated rings. The van der Waals surface area contributed by atoms with Gasteiger partial charge in [-0.05, 0) is 80.9 Å². The van der Waals surface area contributed by atoms with Crippen molar-refractivity contribution >= 4 is 45.5 Å². The zero-order valence-corrected chi connectivity index (χ0v) is 23.4. The first-order chi connectivity index (χ1) is 19.7. The van der Waals surface area contributed by atoms with Crippen molar-refractivity contribution in [2.45, 2.75) is 6.61 Å². The monoisotopic (exact) mass is 640 g/mol. The number of benzene rings is 3. The van der Waals surface area contributed by atoms with Crippen molar-refractivity contribution in [2.75, 3.05) is 7.11 Å². The van der Waals surface area contributed by atoms with Crippen LogP contribution in [0.1, 0.15) is 16.7 Å². The summed E-state index contributed by atoms with van der Waals surface area (Å²) in [7, 11) is 1.60. The second kappa shape index (κ2) is 11.2. The van der Waals surface area contributed by atoms with Crippen molar-refractivity contribution in [2.24, 2.45) is 4.99 Å². The van der Waals surface area contributed by atoms with Gasteiger partial charge in [0.25, 0.3) is 0 Å². The number of halogens is 1. The van der Waals surface area contributed by atoms with E-state index in [0.29, 0.717) is 41.0 Å². The number of hydrogen-bond acceptors (Lipinski definition) is 7. The molecule has 40 heavy (non-hydrogen) atoms. The summed E-state index contributed by atoms with van der Waals surface area (Å²) in [6, 6.07) is 27.4. The van der Waals surface area contributed by atoms with Gasteiger partial charge in [0.2, 0.25) is 5.88 Å². The predicted octanol–water partition coefficient (Wildman–Crippen LogP) is 8.77. The van der Waals surface area contributed by atoms with Crippen molar-refractivity contribution in [1.29, 1.82) is 5.26 Å². The van der Waals surface area contributed by atoms with E-state index in [1.807, 2.05) is 30.3 Å². The van der Waals surface area contributed by atoms with Gasteiger partial charge in [0, 0.05) is 6.21 Å². The van der Waals surface area contributed by atoms with Gasteiger partial charge < -0.3 is 22.7 Å². The highest BCUT2D eigenvalue weighted by Crippen LogP contribution is 2.43. The fourth-order valence-corrected chi connectivity index (χ4v) is 5.29. The number of nitriles is 1. The third kappa shape index (κ3) is 4.87. The summed E-state index contributed by atoms with van der Waals surface area (Å²) >= 11 is 2.22. The molecule has 0 aliphatic carbocycles. The standard InChI is InChI=1S/C32H21IN2O5/c1-36-28-16-20(15-25(33)30(28)39-19-22-9-4-8-21-7-2-3-10-23(21)22)18-35-32-24(17-34)29(26-11-5-13-37-26)31(40-32)27-12-6-14-38-27/h2-16,18H,19H2,1H3. The van der Waals surface area contributed by atoms with Gasteiger partial charge in [0.1, 0.15) is 24.0 Å². The molecule has 3 aromatic heterocycles. The van der Waals surface area contributed by atoms with Crippen molar-refractivity contribution in [3.05, 3.63) is 112 Å². The van der Waals surface area contributed by atoms with Gasteiger partial charge in [-0.3, -0.25) is 0 Å². The summed E-state index contributed by atoms with van der Waals surface area (Å²) < 4.78 is 29.9. The van der Waals surface area contributed by atoms with E-state index in [4.69, 9.17) is 22.7 Å². The Morgan fingerprint density at radius 1 is 0.950 bits per heavy atom. The molecule has 0 unspecified atom stereocenters. The molecule has 0 bridgehead atoms. The largest absolute Gasteiger partial charge is 0.493 e. The van der Waals surface area contributed by atoms with E-state index >= 15 is 0 Å². The van der Waals surface area contributed by atoms with Crippen LogP contribution in [0.4, 0.5) is 5.88 Å². The van der Waals surface area contributed by atoms with E-state index in [-0.39, 0.29) is 11.4 Å². The second-order valence-electron chi connectivity index (χ2n) is 8.77. The molecule has 0 aliphatic heterocycles. The zero-order valence-electron chi connectivity index (χ0n) is 21.3. The van der Waals surface area contributed by atoms with Crippen LogP contribution in [0.5, 0.6) is 11.5 Å². The number of aliphatic imine (C=N–C) groups is 1. The van der Waals surface area contributed by atoms with Crippen LogP contribution >= 0.6 is 22.6 Å². The van der Waals surface area contributed by atoms with Crippen LogP contribution in [0.25, 0.3) is 33.6 Å². The molecule has 7 nitrogen and oxygen atoms in total. The second-order valence-corrected chi connectivity index (χ2v) is 9.93. The molecule has 3 heterocycles. The first-order valence-electron chi connectivity index (χ1n) is 12.3. The van der Waals surface area contributed by atoms with Crippen molar-refractivity contribution in [1.82, 2.24) is 0 Å². The smallest absolute Gasteiger partial charge is 0.238 e. The lowest BCUT2D eigenvalue weighted by Gasteiger charge is -2.14. The minimum atomic E-state index is 0.144. The highest BCUT2D eigenvalue weighted by Gasteiger charge is 2.26. The average molecular weight is 640 g/mol. The molecule has 6 aromatic rings.